The van der Waals surface area contributed by atoms with Gasteiger partial charge < -0.3 is 0 Å². The van der Waals surface area contributed by atoms with E-state index in [0.29, 0.717) is 36.3 Å². The molecule has 1 saturated heterocycles. The van der Waals surface area contributed by atoms with E-state index in [-0.39, 0.29) is 23.3 Å². The van der Waals surface area contributed by atoms with Crippen LogP contribution in [0.3, 0.4) is 0 Å². The van der Waals surface area contributed by atoms with Crippen molar-refractivity contribution < 1.29 is 13.2 Å². The van der Waals surface area contributed by atoms with Crippen molar-refractivity contribution in [3.8, 4) is 0 Å². The Morgan fingerprint density at radius 1 is 1.03 bits per heavy atom. The molecule has 31 heavy (non-hydrogen) atoms. The lowest BCUT2D eigenvalue weighted by Crippen LogP contribution is -2.42. The van der Waals surface area contributed by atoms with Crippen LogP contribution in [0.2, 0.25) is 0 Å². The van der Waals surface area contributed by atoms with Gasteiger partial charge in [0.1, 0.15) is 5.49 Å². The highest BCUT2D eigenvalue weighted by Crippen LogP contribution is 2.27. The molecule has 1 aromatic heterocycles. The second-order valence-electron chi connectivity index (χ2n) is 9.44. The summed E-state index contributed by atoms with van der Waals surface area (Å²) in [6.45, 7) is 10.9. The van der Waals surface area contributed by atoms with Gasteiger partial charge in [0.15, 0.2) is 0 Å². The van der Waals surface area contributed by atoms with E-state index in [2.05, 4.69) is 25.8 Å². The number of sulfonamides is 1. The second-order valence-corrected chi connectivity index (χ2v) is 11.4. The van der Waals surface area contributed by atoms with Crippen LogP contribution >= 0.6 is 0 Å². The number of hydrogen-bond donors (Lipinski definition) is 0. The SMILES string of the molecule is CC(C)N=c1ccccn1C(=O)C1CCN(S(=O)(=O)c2ccc(C(C)(C)C)cc2)CC1. The van der Waals surface area contributed by atoms with E-state index >= 15 is 0 Å². The molecule has 0 saturated carbocycles. The Balaban J connectivity index is 1.73. The number of carbonyl (C=O) groups is 1. The average molecular weight is 444 g/mol. The van der Waals surface area contributed by atoms with Crippen molar-refractivity contribution in [1.29, 1.82) is 0 Å². The van der Waals surface area contributed by atoms with Gasteiger partial charge in [-0.3, -0.25) is 14.4 Å². The highest BCUT2D eigenvalue weighted by atomic mass is 32.2. The van der Waals surface area contributed by atoms with Crippen molar-refractivity contribution >= 4 is 15.9 Å². The molecular formula is C24H33N3O3S. The van der Waals surface area contributed by atoms with E-state index in [9.17, 15) is 13.2 Å². The van der Waals surface area contributed by atoms with Crippen LogP contribution in [0.4, 0.5) is 0 Å². The van der Waals surface area contributed by atoms with Crippen LogP contribution in [0.25, 0.3) is 0 Å². The summed E-state index contributed by atoms with van der Waals surface area (Å²) in [7, 11) is -3.57. The fraction of sp³-hybridized carbons (Fsp3) is 0.500. The Morgan fingerprint density at radius 3 is 2.19 bits per heavy atom. The Bertz CT molecular complexity index is 1090. The minimum Gasteiger partial charge on any atom is -0.274 e. The maximum absolute atomic E-state index is 13.1. The molecule has 0 N–H and O–H groups in total. The van der Waals surface area contributed by atoms with Crippen LogP contribution in [-0.4, -0.2) is 42.3 Å². The molecule has 1 aliphatic heterocycles. The first kappa shape index (κ1) is 23.4. The molecule has 168 valence electrons. The number of hydrogen-bond acceptors (Lipinski definition) is 4. The van der Waals surface area contributed by atoms with Crippen molar-refractivity contribution in [2.75, 3.05) is 13.1 Å². The molecule has 1 aromatic carbocycles. The minimum absolute atomic E-state index is 0.0217. The minimum atomic E-state index is -3.57. The van der Waals surface area contributed by atoms with Crippen molar-refractivity contribution in [3.63, 3.8) is 0 Å². The van der Waals surface area contributed by atoms with Gasteiger partial charge in [0.2, 0.25) is 15.9 Å². The first-order chi connectivity index (χ1) is 14.5. The Kier molecular flexibility index (Phi) is 6.86. The van der Waals surface area contributed by atoms with Crippen LogP contribution in [0.15, 0.2) is 58.5 Å². The Hall–Kier alpha value is -2.25. The molecule has 0 amide bonds. The van der Waals surface area contributed by atoms with Crippen molar-refractivity contribution in [3.05, 3.63) is 59.7 Å². The summed E-state index contributed by atoms with van der Waals surface area (Å²) in [4.78, 5) is 17.9. The lowest BCUT2D eigenvalue weighted by Gasteiger charge is -2.31. The van der Waals surface area contributed by atoms with Crippen LogP contribution in [0.5, 0.6) is 0 Å². The molecule has 0 radical (unpaired) electrons. The van der Waals surface area contributed by atoms with Gasteiger partial charge in [-0.1, -0.05) is 39.0 Å². The van der Waals surface area contributed by atoms with E-state index < -0.39 is 10.0 Å². The van der Waals surface area contributed by atoms with Crippen molar-refractivity contribution in [2.45, 2.75) is 63.8 Å². The molecule has 6 nitrogen and oxygen atoms in total. The lowest BCUT2D eigenvalue weighted by atomic mass is 9.87. The van der Waals surface area contributed by atoms with Crippen molar-refractivity contribution in [1.82, 2.24) is 8.87 Å². The molecule has 0 bridgehead atoms. The number of carbonyl (C=O) groups excluding carboxylic acids is 1. The number of nitrogens with zero attached hydrogens (tertiary/aromatic N) is 3. The van der Waals surface area contributed by atoms with Gasteiger partial charge in [-0.15, -0.1) is 0 Å². The predicted octanol–water partition coefficient (Wildman–Crippen LogP) is 3.84. The third-order valence-corrected chi connectivity index (χ3v) is 7.54. The molecule has 1 aliphatic rings. The van der Waals surface area contributed by atoms with Gasteiger partial charge in [0, 0.05) is 31.2 Å². The zero-order valence-electron chi connectivity index (χ0n) is 19.1. The highest BCUT2D eigenvalue weighted by molar-refractivity contribution is 7.89. The molecule has 0 unspecified atom stereocenters. The van der Waals surface area contributed by atoms with Crippen LogP contribution in [-0.2, 0) is 15.4 Å². The quantitative estimate of drug-likeness (QED) is 0.721. The number of aromatic nitrogens is 1. The Morgan fingerprint density at radius 2 is 1.65 bits per heavy atom. The number of piperidine rings is 1. The maximum atomic E-state index is 13.1. The van der Waals surface area contributed by atoms with Gasteiger partial charge in [-0.25, -0.2) is 8.42 Å². The van der Waals surface area contributed by atoms with E-state index in [0.717, 1.165) is 5.56 Å². The van der Waals surface area contributed by atoms with Gasteiger partial charge in [0.25, 0.3) is 0 Å². The van der Waals surface area contributed by atoms with Gasteiger partial charge in [-0.05, 0) is 61.9 Å². The third-order valence-electron chi connectivity index (χ3n) is 5.63. The zero-order valence-corrected chi connectivity index (χ0v) is 19.9. The van der Waals surface area contributed by atoms with E-state index in [1.165, 1.54) is 4.31 Å². The third kappa shape index (κ3) is 5.33. The second kappa shape index (κ2) is 9.09. The zero-order chi connectivity index (χ0) is 22.8. The molecule has 7 heteroatoms. The summed E-state index contributed by atoms with van der Waals surface area (Å²) < 4.78 is 29.3. The van der Waals surface area contributed by atoms with E-state index in [1.54, 1.807) is 22.9 Å². The monoisotopic (exact) mass is 443 g/mol. The molecule has 2 heterocycles. The standard InChI is InChI=1S/C24H33N3O3S/c1-18(2)25-22-8-6-7-15-27(22)23(28)19-13-16-26(17-14-19)31(29,30)21-11-9-20(10-12-21)24(3,4)5/h6-12,15,18-19H,13-14,16-17H2,1-5H3. The van der Waals surface area contributed by atoms with Gasteiger partial charge >= 0.3 is 0 Å². The molecule has 0 aliphatic carbocycles. The molecule has 2 aromatic rings. The number of benzene rings is 1. The summed E-state index contributed by atoms with van der Waals surface area (Å²) in [5.74, 6) is -0.241. The van der Waals surface area contributed by atoms with E-state index in [1.807, 2.05) is 44.2 Å². The molecule has 3 rings (SSSR count). The highest BCUT2D eigenvalue weighted by Gasteiger charge is 2.32. The summed E-state index contributed by atoms with van der Waals surface area (Å²) >= 11 is 0. The first-order valence-corrected chi connectivity index (χ1v) is 12.3. The van der Waals surface area contributed by atoms with Crippen LogP contribution in [0, 0.1) is 5.92 Å². The Labute approximate surface area is 185 Å². The van der Waals surface area contributed by atoms with Gasteiger partial charge in [0.05, 0.1) is 4.90 Å². The fourth-order valence-electron chi connectivity index (χ4n) is 3.81. The molecule has 0 atom stereocenters. The fourth-order valence-corrected chi connectivity index (χ4v) is 5.28. The summed E-state index contributed by atoms with van der Waals surface area (Å²) in [5.41, 5.74) is 1.70. The summed E-state index contributed by atoms with van der Waals surface area (Å²) in [6.07, 6.45) is 2.74. The lowest BCUT2D eigenvalue weighted by molar-refractivity contribution is 0.0781. The average Bonchev–Trinajstić information content (AvgIpc) is 2.73. The topological polar surface area (TPSA) is 71.7 Å². The predicted molar refractivity (Wildman–Crippen MR) is 122 cm³/mol. The largest absolute Gasteiger partial charge is 0.274 e. The molecular weight excluding hydrogens is 410 g/mol. The van der Waals surface area contributed by atoms with Gasteiger partial charge in [-0.2, -0.15) is 4.31 Å². The summed E-state index contributed by atoms with van der Waals surface area (Å²) in [6, 6.07) is 12.7. The molecule has 1 fully saturated rings. The van der Waals surface area contributed by atoms with E-state index in [4.69, 9.17) is 0 Å². The molecule has 0 spiro atoms. The van der Waals surface area contributed by atoms with Crippen molar-refractivity contribution in [2.24, 2.45) is 10.9 Å². The number of pyridine rings is 1. The first-order valence-electron chi connectivity index (χ1n) is 10.9. The number of rotatable bonds is 4. The normalized spacial score (nSPS) is 17.3. The maximum Gasteiger partial charge on any atom is 0.243 e. The van der Waals surface area contributed by atoms with Crippen LogP contribution in [0.1, 0.15) is 57.8 Å². The smallest absolute Gasteiger partial charge is 0.243 e. The van der Waals surface area contributed by atoms with Crippen LogP contribution < -0.4 is 5.49 Å². The summed E-state index contributed by atoms with van der Waals surface area (Å²) in [5, 5.41) is 0.